The van der Waals surface area contributed by atoms with Crippen LogP contribution in [0.5, 0.6) is 0 Å². The summed E-state index contributed by atoms with van der Waals surface area (Å²) in [5.41, 5.74) is 1.07. The largest absolute Gasteiger partial charge is 0.377 e. The number of rotatable bonds is 10. The average Bonchev–Trinajstić information content (AvgIpc) is 2.38. The quantitative estimate of drug-likeness (QED) is 0.642. The highest BCUT2D eigenvalue weighted by Gasteiger charge is 1.98. The van der Waals surface area contributed by atoms with Gasteiger partial charge in [-0.1, -0.05) is 56.5 Å². The van der Waals surface area contributed by atoms with E-state index in [0.717, 1.165) is 30.2 Å². The Morgan fingerprint density at radius 2 is 1.84 bits per heavy atom. The van der Waals surface area contributed by atoms with Crippen molar-refractivity contribution >= 4 is 11.6 Å². The lowest BCUT2D eigenvalue weighted by Crippen LogP contribution is -2.23. The molecule has 1 N–H and O–H groups in total. The molecular formula is C16H26ClNO. The van der Waals surface area contributed by atoms with Crippen LogP contribution >= 0.6 is 11.6 Å². The topological polar surface area (TPSA) is 21.3 Å². The third-order valence-electron chi connectivity index (χ3n) is 2.98. The zero-order chi connectivity index (χ0) is 13.9. The van der Waals surface area contributed by atoms with Gasteiger partial charge in [-0.15, -0.1) is 0 Å². The molecule has 3 heteroatoms. The Labute approximate surface area is 122 Å². The molecule has 0 saturated heterocycles. The van der Waals surface area contributed by atoms with Gasteiger partial charge >= 0.3 is 0 Å². The fraction of sp³-hybridized carbons (Fsp3) is 0.625. The molecule has 0 aliphatic rings. The van der Waals surface area contributed by atoms with Crippen LogP contribution in [-0.2, 0) is 11.3 Å². The molecule has 0 fully saturated rings. The molecule has 0 aliphatic carbocycles. The molecule has 0 bridgehead atoms. The number of nitrogens with one attached hydrogen (secondary N) is 1. The lowest BCUT2D eigenvalue weighted by Gasteiger charge is -2.08. The van der Waals surface area contributed by atoms with Crippen LogP contribution in [0.2, 0.25) is 5.02 Å². The Morgan fingerprint density at radius 1 is 1.11 bits per heavy atom. The summed E-state index contributed by atoms with van der Waals surface area (Å²) in [6.45, 7) is 6.93. The summed E-state index contributed by atoms with van der Waals surface area (Å²) in [4.78, 5) is 0. The van der Waals surface area contributed by atoms with E-state index in [2.05, 4.69) is 19.2 Å². The van der Waals surface area contributed by atoms with Gasteiger partial charge in [0.2, 0.25) is 0 Å². The smallest absolute Gasteiger partial charge is 0.0731 e. The van der Waals surface area contributed by atoms with E-state index < -0.39 is 0 Å². The summed E-state index contributed by atoms with van der Waals surface area (Å²) in [5, 5.41) is 4.22. The van der Waals surface area contributed by atoms with Gasteiger partial charge < -0.3 is 10.1 Å². The van der Waals surface area contributed by atoms with Gasteiger partial charge in [0.05, 0.1) is 6.61 Å². The van der Waals surface area contributed by atoms with E-state index in [9.17, 15) is 0 Å². The molecule has 0 radical (unpaired) electrons. The first kappa shape index (κ1) is 16.5. The van der Waals surface area contributed by atoms with Crippen molar-refractivity contribution < 1.29 is 4.74 Å². The van der Waals surface area contributed by atoms with Gasteiger partial charge in [-0.3, -0.25) is 0 Å². The minimum atomic E-state index is 0.596. The second-order valence-electron chi connectivity index (χ2n) is 5.17. The van der Waals surface area contributed by atoms with E-state index in [0.29, 0.717) is 12.6 Å². The van der Waals surface area contributed by atoms with E-state index >= 15 is 0 Å². The normalized spacial score (nSPS) is 11.2. The monoisotopic (exact) mass is 283 g/mol. The van der Waals surface area contributed by atoms with Crippen molar-refractivity contribution in [1.29, 1.82) is 0 Å². The summed E-state index contributed by atoms with van der Waals surface area (Å²) < 4.78 is 5.65. The van der Waals surface area contributed by atoms with Crippen molar-refractivity contribution in [3.8, 4) is 0 Å². The Kier molecular flexibility index (Phi) is 8.89. The van der Waals surface area contributed by atoms with Gasteiger partial charge in [-0.2, -0.15) is 0 Å². The zero-order valence-electron chi connectivity index (χ0n) is 12.1. The lowest BCUT2D eigenvalue weighted by atomic mass is 10.2. The summed E-state index contributed by atoms with van der Waals surface area (Å²) >= 11 is 6.06. The van der Waals surface area contributed by atoms with Gasteiger partial charge in [0.25, 0.3) is 0 Å². The minimum absolute atomic E-state index is 0.596. The maximum absolute atomic E-state index is 6.06. The summed E-state index contributed by atoms with van der Waals surface area (Å²) in [6, 6.07) is 8.45. The third-order valence-corrected chi connectivity index (χ3v) is 3.35. The fourth-order valence-corrected chi connectivity index (χ4v) is 2.06. The molecule has 0 aromatic heterocycles. The first-order valence-corrected chi connectivity index (χ1v) is 7.62. The van der Waals surface area contributed by atoms with E-state index in [1.165, 1.54) is 19.3 Å². The van der Waals surface area contributed by atoms with Crippen LogP contribution in [0.25, 0.3) is 0 Å². The number of benzene rings is 1. The summed E-state index contributed by atoms with van der Waals surface area (Å²) in [6.07, 6.45) is 4.90. The second kappa shape index (κ2) is 10.2. The highest BCUT2D eigenvalue weighted by Crippen LogP contribution is 2.15. The lowest BCUT2D eigenvalue weighted by molar-refractivity contribution is 0.117. The Bertz CT molecular complexity index is 341. The second-order valence-corrected chi connectivity index (χ2v) is 5.57. The van der Waals surface area contributed by atoms with Crippen molar-refractivity contribution in [3.05, 3.63) is 34.9 Å². The molecule has 0 heterocycles. The first-order valence-electron chi connectivity index (χ1n) is 7.24. The van der Waals surface area contributed by atoms with Crippen molar-refractivity contribution in [1.82, 2.24) is 5.32 Å². The van der Waals surface area contributed by atoms with Crippen molar-refractivity contribution in [2.24, 2.45) is 0 Å². The standard InChI is InChI=1S/C16H26ClNO/c1-14(2)18-11-7-3-4-8-12-19-13-15-9-5-6-10-16(15)17/h5-6,9-10,14,18H,3-4,7-8,11-13H2,1-2H3. The van der Waals surface area contributed by atoms with Crippen molar-refractivity contribution in [2.75, 3.05) is 13.2 Å². The first-order chi connectivity index (χ1) is 9.20. The number of ether oxygens (including phenoxy) is 1. The Hall–Kier alpha value is -0.570. The van der Waals surface area contributed by atoms with E-state index in [-0.39, 0.29) is 0 Å². The van der Waals surface area contributed by atoms with E-state index in [4.69, 9.17) is 16.3 Å². The summed E-state index contributed by atoms with van der Waals surface area (Å²) in [5.74, 6) is 0. The van der Waals surface area contributed by atoms with Crippen LogP contribution in [0, 0.1) is 0 Å². The summed E-state index contributed by atoms with van der Waals surface area (Å²) in [7, 11) is 0. The number of hydrogen-bond acceptors (Lipinski definition) is 2. The predicted molar refractivity (Wildman–Crippen MR) is 82.7 cm³/mol. The molecule has 0 aliphatic heterocycles. The maximum Gasteiger partial charge on any atom is 0.0731 e. The van der Waals surface area contributed by atoms with Gasteiger partial charge in [0.1, 0.15) is 0 Å². The molecule has 0 atom stereocenters. The molecule has 108 valence electrons. The van der Waals surface area contributed by atoms with E-state index in [1.807, 2.05) is 24.3 Å². The number of unbranched alkanes of at least 4 members (excludes halogenated alkanes) is 3. The van der Waals surface area contributed by atoms with Gasteiger partial charge in [0.15, 0.2) is 0 Å². The SMILES string of the molecule is CC(C)NCCCCCCOCc1ccccc1Cl. The fourth-order valence-electron chi connectivity index (χ4n) is 1.87. The van der Waals surface area contributed by atoms with Gasteiger partial charge in [-0.25, -0.2) is 0 Å². The minimum Gasteiger partial charge on any atom is -0.377 e. The molecule has 0 amide bonds. The maximum atomic E-state index is 6.06. The van der Waals surface area contributed by atoms with Crippen LogP contribution in [0.1, 0.15) is 45.1 Å². The van der Waals surface area contributed by atoms with Gasteiger partial charge in [0, 0.05) is 17.7 Å². The Morgan fingerprint density at radius 3 is 2.58 bits per heavy atom. The number of hydrogen-bond donors (Lipinski definition) is 1. The zero-order valence-corrected chi connectivity index (χ0v) is 12.9. The van der Waals surface area contributed by atoms with Gasteiger partial charge in [-0.05, 0) is 31.0 Å². The molecule has 1 aromatic rings. The molecule has 1 aromatic carbocycles. The predicted octanol–water partition coefficient (Wildman–Crippen LogP) is 4.42. The van der Waals surface area contributed by atoms with Crippen LogP contribution < -0.4 is 5.32 Å². The molecule has 0 spiro atoms. The third kappa shape index (κ3) is 8.25. The molecular weight excluding hydrogens is 258 g/mol. The highest BCUT2D eigenvalue weighted by molar-refractivity contribution is 6.31. The van der Waals surface area contributed by atoms with Crippen molar-refractivity contribution in [2.45, 2.75) is 52.2 Å². The van der Waals surface area contributed by atoms with Crippen molar-refractivity contribution in [3.63, 3.8) is 0 Å². The van der Waals surface area contributed by atoms with Crippen LogP contribution in [-0.4, -0.2) is 19.2 Å². The molecule has 0 saturated carbocycles. The molecule has 0 unspecified atom stereocenters. The Balaban J connectivity index is 1.93. The molecule has 1 rings (SSSR count). The van der Waals surface area contributed by atoms with Crippen LogP contribution in [0.4, 0.5) is 0 Å². The highest BCUT2D eigenvalue weighted by atomic mass is 35.5. The average molecular weight is 284 g/mol. The van der Waals surface area contributed by atoms with E-state index in [1.54, 1.807) is 0 Å². The van der Waals surface area contributed by atoms with Crippen LogP contribution in [0.3, 0.4) is 0 Å². The number of halogens is 1. The molecule has 2 nitrogen and oxygen atoms in total. The molecule has 19 heavy (non-hydrogen) atoms. The van der Waals surface area contributed by atoms with Crippen LogP contribution in [0.15, 0.2) is 24.3 Å².